The number of hydrogen-bond acceptors (Lipinski definition) is 7. The molecule has 0 aromatic carbocycles. The number of aryl methyl sites for hydroxylation is 1. The monoisotopic (exact) mass is 372 g/mol. The zero-order chi connectivity index (χ0) is 18.5. The van der Waals surface area contributed by atoms with Crippen molar-refractivity contribution in [2.75, 3.05) is 5.32 Å². The van der Waals surface area contributed by atoms with Crippen LogP contribution < -0.4 is 5.32 Å². The van der Waals surface area contributed by atoms with Gasteiger partial charge < -0.3 is 14.4 Å². The van der Waals surface area contributed by atoms with Gasteiger partial charge in [0.25, 0.3) is 0 Å². The summed E-state index contributed by atoms with van der Waals surface area (Å²) in [5, 5.41) is 15.5. The van der Waals surface area contributed by atoms with E-state index in [1.165, 1.54) is 11.8 Å². The summed E-state index contributed by atoms with van der Waals surface area (Å²) in [6, 6.07) is 5.47. The molecule has 0 aliphatic carbocycles. The lowest BCUT2D eigenvalue weighted by Crippen LogP contribution is -2.23. The fourth-order valence-corrected chi connectivity index (χ4v) is 3.26. The number of thioether (sulfide) groups is 1. The van der Waals surface area contributed by atoms with Crippen LogP contribution in [0.4, 0.5) is 5.82 Å². The summed E-state index contributed by atoms with van der Waals surface area (Å²) < 4.78 is 7.00. The van der Waals surface area contributed by atoms with Crippen molar-refractivity contribution in [1.29, 1.82) is 0 Å². The smallest absolute Gasteiger partial charge is 0.238 e. The Balaban J connectivity index is 1.76. The van der Waals surface area contributed by atoms with Crippen LogP contribution in [0.15, 0.2) is 40.3 Å². The van der Waals surface area contributed by atoms with Crippen LogP contribution in [0.5, 0.6) is 0 Å². The Morgan fingerprint density at radius 1 is 1.35 bits per heavy atom. The van der Waals surface area contributed by atoms with E-state index in [2.05, 4.69) is 32.6 Å². The van der Waals surface area contributed by atoms with Crippen LogP contribution >= 0.6 is 11.8 Å². The van der Waals surface area contributed by atoms with Gasteiger partial charge in [0.2, 0.25) is 5.91 Å². The molecule has 3 rings (SSSR count). The maximum atomic E-state index is 12.4. The molecule has 8 nitrogen and oxygen atoms in total. The first-order valence-electron chi connectivity index (χ1n) is 8.33. The molecule has 0 fully saturated rings. The number of rotatable bonds is 7. The van der Waals surface area contributed by atoms with Crippen LogP contribution in [0, 0.1) is 6.92 Å². The second-order valence-electron chi connectivity index (χ2n) is 5.77. The topological polar surface area (TPSA) is 98.7 Å². The lowest BCUT2D eigenvalue weighted by atomic mass is 10.2. The minimum absolute atomic E-state index is 0.167. The Labute approximate surface area is 155 Å². The van der Waals surface area contributed by atoms with Crippen LogP contribution in [0.25, 0.3) is 11.4 Å². The second-order valence-corrected chi connectivity index (χ2v) is 7.07. The third kappa shape index (κ3) is 4.10. The van der Waals surface area contributed by atoms with Gasteiger partial charge in [-0.25, -0.2) is 0 Å². The second kappa shape index (κ2) is 8.13. The molecular formula is C17H20N6O2S. The minimum atomic E-state index is -0.364. The number of carbonyl (C=O) groups is 1. The first-order valence-corrected chi connectivity index (χ1v) is 9.21. The molecule has 0 radical (unpaired) electrons. The van der Waals surface area contributed by atoms with E-state index in [1.54, 1.807) is 25.4 Å². The molecule has 0 saturated carbocycles. The van der Waals surface area contributed by atoms with E-state index in [4.69, 9.17) is 4.52 Å². The fraction of sp³-hybridized carbons (Fsp3) is 0.353. The summed E-state index contributed by atoms with van der Waals surface area (Å²) in [6.07, 6.45) is 4.38. The van der Waals surface area contributed by atoms with Crippen molar-refractivity contribution in [2.24, 2.45) is 0 Å². The highest BCUT2D eigenvalue weighted by atomic mass is 32.2. The Morgan fingerprint density at radius 2 is 2.12 bits per heavy atom. The molecule has 3 aromatic rings. The van der Waals surface area contributed by atoms with Gasteiger partial charge in [0, 0.05) is 30.6 Å². The van der Waals surface area contributed by atoms with Crippen molar-refractivity contribution < 1.29 is 9.32 Å². The van der Waals surface area contributed by atoms with Gasteiger partial charge >= 0.3 is 0 Å². The molecule has 0 bridgehead atoms. The average molecular weight is 372 g/mol. The van der Waals surface area contributed by atoms with Gasteiger partial charge in [-0.3, -0.25) is 9.78 Å². The fourth-order valence-electron chi connectivity index (χ4n) is 2.38. The van der Waals surface area contributed by atoms with Gasteiger partial charge in [-0.1, -0.05) is 23.8 Å². The molecule has 26 heavy (non-hydrogen) atoms. The standard InChI is InChI=1S/C17H20N6O2S/c1-4-9-23-15(13-5-7-18-8-6-13)20-21-17(23)26-12(3)16(24)19-14-10-11(2)25-22-14/h5-8,10,12H,4,9H2,1-3H3,(H,19,22,24). The molecule has 9 heteroatoms. The number of nitrogens with one attached hydrogen (secondary N) is 1. The lowest BCUT2D eigenvalue weighted by Gasteiger charge is -2.12. The Hall–Kier alpha value is -2.68. The van der Waals surface area contributed by atoms with Crippen LogP contribution in [-0.2, 0) is 11.3 Å². The van der Waals surface area contributed by atoms with Gasteiger partial charge in [0.15, 0.2) is 16.8 Å². The van der Waals surface area contributed by atoms with E-state index in [9.17, 15) is 4.79 Å². The number of pyridine rings is 1. The molecule has 0 spiro atoms. The average Bonchev–Trinajstić information content (AvgIpc) is 3.22. The van der Waals surface area contributed by atoms with E-state index >= 15 is 0 Å². The molecule has 3 heterocycles. The summed E-state index contributed by atoms with van der Waals surface area (Å²) in [5.41, 5.74) is 0.947. The van der Waals surface area contributed by atoms with Crippen molar-refractivity contribution in [3.63, 3.8) is 0 Å². The predicted octanol–water partition coefficient (Wildman–Crippen LogP) is 3.17. The van der Waals surface area contributed by atoms with Crippen LogP contribution in [0.3, 0.4) is 0 Å². The normalized spacial score (nSPS) is 12.1. The zero-order valence-electron chi connectivity index (χ0n) is 14.8. The van der Waals surface area contributed by atoms with E-state index in [0.717, 1.165) is 24.4 Å². The van der Waals surface area contributed by atoms with Crippen molar-refractivity contribution in [3.05, 3.63) is 36.4 Å². The lowest BCUT2D eigenvalue weighted by molar-refractivity contribution is -0.115. The Morgan fingerprint density at radius 3 is 2.77 bits per heavy atom. The van der Waals surface area contributed by atoms with Crippen LogP contribution in [-0.4, -0.2) is 36.1 Å². The maximum absolute atomic E-state index is 12.4. The maximum Gasteiger partial charge on any atom is 0.238 e. The number of anilines is 1. The third-order valence-corrected chi connectivity index (χ3v) is 4.71. The van der Waals surface area contributed by atoms with Crippen molar-refractivity contribution >= 4 is 23.5 Å². The highest BCUT2D eigenvalue weighted by Gasteiger charge is 2.21. The molecule has 136 valence electrons. The van der Waals surface area contributed by atoms with Crippen molar-refractivity contribution in [3.8, 4) is 11.4 Å². The largest absolute Gasteiger partial charge is 0.360 e. The first kappa shape index (κ1) is 18.1. The summed E-state index contributed by atoms with van der Waals surface area (Å²) in [4.78, 5) is 16.4. The highest BCUT2D eigenvalue weighted by Crippen LogP contribution is 2.27. The molecule has 1 amide bonds. The predicted molar refractivity (Wildman–Crippen MR) is 98.7 cm³/mol. The number of aromatic nitrogens is 5. The summed E-state index contributed by atoms with van der Waals surface area (Å²) in [5.74, 6) is 1.66. The van der Waals surface area contributed by atoms with Crippen LogP contribution in [0.2, 0.25) is 0 Å². The summed E-state index contributed by atoms with van der Waals surface area (Å²) in [7, 11) is 0. The van der Waals surface area contributed by atoms with E-state index in [-0.39, 0.29) is 11.2 Å². The Kier molecular flexibility index (Phi) is 5.67. The Bertz CT molecular complexity index is 877. The molecular weight excluding hydrogens is 352 g/mol. The van der Waals surface area contributed by atoms with Gasteiger partial charge in [0.05, 0.1) is 5.25 Å². The summed E-state index contributed by atoms with van der Waals surface area (Å²) >= 11 is 1.36. The SMILES string of the molecule is CCCn1c(SC(C)C(=O)Nc2cc(C)on2)nnc1-c1ccncc1. The number of amides is 1. The van der Waals surface area contributed by atoms with E-state index < -0.39 is 0 Å². The highest BCUT2D eigenvalue weighted by molar-refractivity contribution is 8.00. The van der Waals surface area contributed by atoms with Gasteiger partial charge in [0.1, 0.15) is 5.76 Å². The zero-order valence-corrected chi connectivity index (χ0v) is 15.7. The van der Waals surface area contributed by atoms with Crippen LogP contribution in [0.1, 0.15) is 26.0 Å². The molecule has 3 aromatic heterocycles. The molecule has 1 N–H and O–H groups in total. The minimum Gasteiger partial charge on any atom is -0.360 e. The molecule has 1 unspecified atom stereocenters. The molecule has 0 aliphatic heterocycles. The van der Waals surface area contributed by atoms with Crippen molar-refractivity contribution in [1.82, 2.24) is 24.9 Å². The van der Waals surface area contributed by atoms with E-state index in [0.29, 0.717) is 16.7 Å². The van der Waals surface area contributed by atoms with E-state index in [1.807, 2.05) is 23.6 Å². The number of hydrogen-bond donors (Lipinski definition) is 1. The quantitative estimate of drug-likeness (QED) is 0.636. The first-order chi connectivity index (χ1) is 12.6. The summed E-state index contributed by atoms with van der Waals surface area (Å²) in [6.45, 7) is 6.45. The van der Waals surface area contributed by atoms with Gasteiger partial charge in [-0.2, -0.15) is 0 Å². The molecule has 0 saturated heterocycles. The van der Waals surface area contributed by atoms with Crippen molar-refractivity contribution in [2.45, 2.75) is 44.1 Å². The third-order valence-electron chi connectivity index (χ3n) is 3.63. The molecule has 0 aliphatic rings. The van der Waals surface area contributed by atoms with Gasteiger partial charge in [-0.15, -0.1) is 10.2 Å². The number of carbonyl (C=O) groups excluding carboxylic acids is 1. The number of nitrogens with zero attached hydrogens (tertiary/aromatic N) is 5. The molecule has 1 atom stereocenters. The van der Waals surface area contributed by atoms with Gasteiger partial charge in [-0.05, 0) is 32.4 Å².